The van der Waals surface area contributed by atoms with Crippen molar-refractivity contribution in [2.75, 3.05) is 38.2 Å². The smallest absolute Gasteiger partial charge is 0.196 e. The number of hydrogen-bond donors (Lipinski definition) is 1. The first kappa shape index (κ1) is 14.2. The third kappa shape index (κ3) is 2.46. The zero-order chi connectivity index (χ0) is 14.9. The molecule has 0 atom stereocenters. The number of anilines is 1. The molecule has 1 aromatic rings. The number of aliphatic imine (C=N–C) groups is 1. The largest absolute Gasteiger partial charge is 0.497 e. The van der Waals surface area contributed by atoms with Crippen molar-refractivity contribution in [3.8, 4) is 5.75 Å². The molecule has 0 aromatic heterocycles. The van der Waals surface area contributed by atoms with Gasteiger partial charge in [-0.1, -0.05) is 6.92 Å². The molecule has 5 heteroatoms. The maximum atomic E-state index is 6.19. The van der Waals surface area contributed by atoms with Gasteiger partial charge in [0.2, 0.25) is 0 Å². The quantitative estimate of drug-likeness (QED) is 0.919. The van der Waals surface area contributed by atoms with Crippen LogP contribution in [0.25, 0.3) is 0 Å². The lowest BCUT2D eigenvalue weighted by Crippen LogP contribution is -2.57. The number of piperidine rings is 1. The minimum absolute atomic E-state index is 0.0599. The van der Waals surface area contributed by atoms with Crippen LogP contribution in [0.1, 0.15) is 19.8 Å². The van der Waals surface area contributed by atoms with E-state index in [2.05, 4.69) is 33.8 Å². The molecule has 3 rings (SSSR count). The molecule has 1 aromatic carbocycles. The Morgan fingerprint density at radius 2 is 1.90 bits per heavy atom. The van der Waals surface area contributed by atoms with Gasteiger partial charge in [-0.3, -0.25) is 4.99 Å². The van der Waals surface area contributed by atoms with E-state index in [0.29, 0.717) is 5.96 Å². The summed E-state index contributed by atoms with van der Waals surface area (Å²) < 4.78 is 5.24. The van der Waals surface area contributed by atoms with Gasteiger partial charge in [-0.25, -0.2) is 0 Å². The van der Waals surface area contributed by atoms with E-state index < -0.39 is 0 Å². The SMILES string of the molecule is CCN1CCC2(CC1)CN=C(N)N2c1ccc(OC)cc1. The first-order valence-corrected chi connectivity index (χ1v) is 7.65. The van der Waals surface area contributed by atoms with E-state index in [1.54, 1.807) is 7.11 Å². The Hall–Kier alpha value is -1.75. The highest BCUT2D eigenvalue weighted by Gasteiger charge is 2.44. The molecule has 114 valence electrons. The van der Waals surface area contributed by atoms with Gasteiger partial charge < -0.3 is 20.3 Å². The van der Waals surface area contributed by atoms with E-state index >= 15 is 0 Å². The first-order valence-electron chi connectivity index (χ1n) is 7.65. The Labute approximate surface area is 126 Å². The Morgan fingerprint density at radius 3 is 2.48 bits per heavy atom. The summed E-state index contributed by atoms with van der Waals surface area (Å²) in [5.74, 6) is 1.51. The van der Waals surface area contributed by atoms with Gasteiger partial charge in [0.05, 0.1) is 19.2 Å². The predicted molar refractivity (Wildman–Crippen MR) is 86.0 cm³/mol. The summed E-state index contributed by atoms with van der Waals surface area (Å²) in [7, 11) is 1.68. The molecule has 5 nitrogen and oxygen atoms in total. The lowest BCUT2D eigenvalue weighted by atomic mass is 9.86. The molecule has 2 heterocycles. The van der Waals surface area contributed by atoms with E-state index in [-0.39, 0.29) is 5.54 Å². The molecule has 1 saturated heterocycles. The van der Waals surface area contributed by atoms with Crippen molar-refractivity contribution >= 4 is 11.6 Å². The molecule has 0 amide bonds. The topological polar surface area (TPSA) is 54.1 Å². The minimum Gasteiger partial charge on any atom is -0.497 e. The zero-order valence-electron chi connectivity index (χ0n) is 12.9. The lowest BCUT2D eigenvalue weighted by Gasteiger charge is -2.45. The van der Waals surface area contributed by atoms with Gasteiger partial charge in [0, 0.05) is 18.8 Å². The summed E-state index contributed by atoms with van der Waals surface area (Å²) in [4.78, 5) is 9.26. The van der Waals surface area contributed by atoms with E-state index in [9.17, 15) is 0 Å². The lowest BCUT2D eigenvalue weighted by molar-refractivity contribution is 0.178. The molecule has 0 radical (unpaired) electrons. The van der Waals surface area contributed by atoms with Crippen molar-refractivity contribution in [1.82, 2.24) is 4.90 Å². The molecule has 2 aliphatic rings. The Kier molecular flexibility index (Phi) is 3.76. The van der Waals surface area contributed by atoms with E-state index in [0.717, 1.165) is 50.5 Å². The first-order chi connectivity index (χ1) is 10.2. The summed E-state index contributed by atoms with van der Waals surface area (Å²) in [5.41, 5.74) is 7.36. The van der Waals surface area contributed by atoms with Crippen LogP contribution in [0.15, 0.2) is 29.3 Å². The van der Waals surface area contributed by atoms with Gasteiger partial charge in [0.1, 0.15) is 5.75 Å². The van der Waals surface area contributed by atoms with Crippen LogP contribution in [0.4, 0.5) is 5.69 Å². The summed E-state index contributed by atoms with van der Waals surface area (Å²) in [6.07, 6.45) is 2.22. The van der Waals surface area contributed by atoms with Crippen molar-refractivity contribution in [2.24, 2.45) is 10.7 Å². The highest BCUT2D eigenvalue weighted by Crippen LogP contribution is 2.37. The average molecular weight is 288 g/mol. The van der Waals surface area contributed by atoms with Crippen LogP contribution in [0, 0.1) is 0 Å². The van der Waals surface area contributed by atoms with Gasteiger partial charge in [-0.15, -0.1) is 0 Å². The van der Waals surface area contributed by atoms with Crippen LogP contribution in [-0.4, -0.2) is 49.7 Å². The van der Waals surface area contributed by atoms with Crippen LogP contribution in [-0.2, 0) is 0 Å². The number of guanidine groups is 1. The standard InChI is InChI=1S/C16H24N4O/c1-3-19-10-8-16(9-11-19)12-18-15(17)20(16)13-4-6-14(21-2)7-5-13/h4-7H,3,8-12H2,1-2H3,(H2,17,18). The van der Waals surface area contributed by atoms with E-state index in [1.807, 2.05) is 12.1 Å². The van der Waals surface area contributed by atoms with Gasteiger partial charge in [0.15, 0.2) is 5.96 Å². The fourth-order valence-electron chi connectivity index (χ4n) is 3.42. The van der Waals surface area contributed by atoms with Crippen molar-refractivity contribution in [1.29, 1.82) is 0 Å². The van der Waals surface area contributed by atoms with Gasteiger partial charge in [0.25, 0.3) is 0 Å². The fraction of sp³-hybridized carbons (Fsp3) is 0.562. The third-order valence-corrected chi connectivity index (χ3v) is 4.80. The van der Waals surface area contributed by atoms with Gasteiger partial charge in [-0.2, -0.15) is 0 Å². The zero-order valence-corrected chi connectivity index (χ0v) is 12.9. The Balaban J connectivity index is 1.85. The molecule has 2 N–H and O–H groups in total. The van der Waals surface area contributed by atoms with Gasteiger partial charge >= 0.3 is 0 Å². The van der Waals surface area contributed by atoms with Crippen molar-refractivity contribution < 1.29 is 4.74 Å². The Bertz CT molecular complexity index is 518. The average Bonchev–Trinajstić information content (AvgIpc) is 2.85. The predicted octanol–water partition coefficient (Wildman–Crippen LogP) is 1.68. The van der Waals surface area contributed by atoms with Crippen molar-refractivity contribution in [3.63, 3.8) is 0 Å². The highest BCUT2D eigenvalue weighted by molar-refractivity contribution is 5.98. The number of likely N-dealkylation sites (tertiary alicyclic amines) is 1. The summed E-state index contributed by atoms with van der Waals surface area (Å²) in [6, 6.07) is 8.10. The number of nitrogens with zero attached hydrogens (tertiary/aromatic N) is 3. The maximum Gasteiger partial charge on any atom is 0.196 e. The third-order valence-electron chi connectivity index (χ3n) is 4.80. The number of nitrogens with two attached hydrogens (primary N) is 1. The molecule has 0 bridgehead atoms. The second-order valence-electron chi connectivity index (χ2n) is 5.87. The molecule has 2 aliphatic heterocycles. The Morgan fingerprint density at radius 1 is 1.24 bits per heavy atom. The second-order valence-corrected chi connectivity index (χ2v) is 5.87. The molecule has 0 aliphatic carbocycles. The van der Waals surface area contributed by atoms with Crippen LogP contribution in [0.2, 0.25) is 0 Å². The second kappa shape index (κ2) is 5.56. The molecule has 1 fully saturated rings. The van der Waals surface area contributed by atoms with Crippen LogP contribution in [0.5, 0.6) is 5.75 Å². The van der Waals surface area contributed by atoms with Gasteiger partial charge in [-0.05, 0) is 43.7 Å². The fourth-order valence-corrected chi connectivity index (χ4v) is 3.42. The van der Waals surface area contributed by atoms with Crippen molar-refractivity contribution in [2.45, 2.75) is 25.3 Å². The van der Waals surface area contributed by atoms with Crippen LogP contribution < -0.4 is 15.4 Å². The van der Waals surface area contributed by atoms with Crippen LogP contribution in [0.3, 0.4) is 0 Å². The van der Waals surface area contributed by atoms with Crippen molar-refractivity contribution in [3.05, 3.63) is 24.3 Å². The van der Waals surface area contributed by atoms with E-state index in [1.165, 1.54) is 0 Å². The minimum atomic E-state index is 0.0599. The number of benzene rings is 1. The summed E-state index contributed by atoms with van der Waals surface area (Å²) in [5, 5.41) is 0. The number of hydrogen-bond acceptors (Lipinski definition) is 5. The normalized spacial score (nSPS) is 21.6. The molecule has 0 saturated carbocycles. The molecule has 1 spiro atoms. The number of rotatable bonds is 3. The maximum absolute atomic E-state index is 6.19. The number of ether oxygens (including phenoxy) is 1. The molecule has 21 heavy (non-hydrogen) atoms. The summed E-state index contributed by atoms with van der Waals surface area (Å²) in [6.45, 7) is 6.38. The highest BCUT2D eigenvalue weighted by atomic mass is 16.5. The monoisotopic (exact) mass is 288 g/mol. The molecular formula is C16H24N4O. The molecular weight excluding hydrogens is 264 g/mol. The van der Waals surface area contributed by atoms with Crippen LogP contribution >= 0.6 is 0 Å². The number of methoxy groups -OCH3 is 1. The van der Waals surface area contributed by atoms with E-state index in [4.69, 9.17) is 10.5 Å². The summed E-state index contributed by atoms with van der Waals surface area (Å²) >= 11 is 0. The molecule has 0 unspecified atom stereocenters.